The minimum absolute atomic E-state index is 0.0557. The molecule has 2 saturated carbocycles. The summed E-state index contributed by atoms with van der Waals surface area (Å²) in [5.74, 6) is -3.24. The van der Waals surface area contributed by atoms with E-state index in [0.29, 0.717) is 24.7 Å². The van der Waals surface area contributed by atoms with Crippen LogP contribution in [0.4, 0.5) is 13.2 Å². The van der Waals surface area contributed by atoms with Crippen LogP contribution in [0.2, 0.25) is 0 Å². The lowest BCUT2D eigenvalue weighted by molar-refractivity contribution is -0.0457. The van der Waals surface area contributed by atoms with E-state index in [4.69, 9.17) is 10.5 Å². The molecule has 7 nitrogen and oxygen atoms in total. The maximum Gasteiger partial charge on any atom is 0.329 e. The number of methoxy groups -OCH3 is 1. The van der Waals surface area contributed by atoms with Gasteiger partial charge in [0.2, 0.25) is 0 Å². The molecule has 1 aromatic rings. The molecule has 4 aliphatic rings. The molecule has 5 rings (SSSR count). The number of hydrogen-bond acceptors (Lipinski definition) is 5. The molecule has 10 heteroatoms. The number of nitrogens with two attached hydrogens (primary N) is 1. The lowest BCUT2D eigenvalue weighted by Gasteiger charge is -2.33. The third kappa shape index (κ3) is 3.26. The Kier molecular flexibility index (Phi) is 4.85. The average Bonchev–Trinajstić information content (AvgIpc) is 3.47. The summed E-state index contributed by atoms with van der Waals surface area (Å²) in [7, 11) is 1.39. The van der Waals surface area contributed by atoms with Crippen molar-refractivity contribution in [2.24, 2.45) is 17.6 Å². The van der Waals surface area contributed by atoms with Crippen molar-refractivity contribution in [3.8, 4) is 0 Å². The van der Waals surface area contributed by atoms with Crippen molar-refractivity contribution in [2.45, 2.75) is 62.3 Å². The van der Waals surface area contributed by atoms with Gasteiger partial charge in [0.1, 0.15) is 18.0 Å². The number of halogens is 3. The molecule has 3 aliphatic carbocycles. The highest BCUT2D eigenvalue weighted by atomic mass is 19.3. The first-order valence-corrected chi connectivity index (χ1v) is 10.9. The van der Waals surface area contributed by atoms with Gasteiger partial charge in [-0.25, -0.2) is 18.0 Å². The number of likely N-dealkylation sites (tertiary alicyclic amines) is 1. The molecule has 5 atom stereocenters. The molecule has 0 amide bonds. The quantitative estimate of drug-likeness (QED) is 0.681. The van der Waals surface area contributed by atoms with Crippen LogP contribution in [0.5, 0.6) is 0 Å². The molecule has 0 spiro atoms. The zero-order chi connectivity index (χ0) is 22.1. The number of alkyl halides is 3. The summed E-state index contributed by atoms with van der Waals surface area (Å²) >= 11 is 0. The van der Waals surface area contributed by atoms with E-state index in [1.54, 1.807) is 0 Å². The zero-order valence-corrected chi connectivity index (χ0v) is 17.3. The molecule has 3 fully saturated rings. The lowest BCUT2D eigenvalue weighted by Crippen LogP contribution is -2.60. The van der Waals surface area contributed by atoms with Gasteiger partial charge in [-0.3, -0.25) is 19.2 Å². The summed E-state index contributed by atoms with van der Waals surface area (Å²) in [6.07, 6.45) is 2.00. The van der Waals surface area contributed by atoms with E-state index in [2.05, 4.69) is 4.98 Å². The number of rotatable bonds is 3. The van der Waals surface area contributed by atoms with E-state index >= 15 is 4.39 Å². The maximum absolute atomic E-state index is 15.4. The van der Waals surface area contributed by atoms with Crippen molar-refractivity contribution in [3.05, 3.63) is 31.4 Å². The molecule has 1 aliphatic heterocycles. The van der Waals surface area contributed by atoms with Gasteiger partial charge in [-0.15, -0.1) is 0 Å². The smallest absolute Gasteiger partial charge is 0.329 e. The largest absolute Gasteiger partial charge is 0.497 e. The molecule has 0 bridgehead atoms. The SMILES string of the molecule is COC1=c2c(c(=O)[nH]c(=O)n2C2CC2)=CC(F)C1N1CC2CCCC(F)(F)C(N)C2C1. The van der Waals surface area contributed by atoms with Crippen LogP contribution in [0, 0.1) is 11.8 Å². The number of fused-ring (bicyclic) bond motifs is 2. The summed E-state index contributed by atoms with van der Waals surface area (Å²) in [5.41, 5.74) is 4.78. The van der Waals surface area contributed by atoms with Gasteiger partial charge in [0.05, 0.1) is 23.7 Å². The van der Waals surface area contributed by atoms with Gasteiger partial charge in [0.15, 0.2) is 0 Å². The van der Waals surface area contributed by atoms with Gasteiger partial charge in [0.25, 0.3) is 11.5 Å². The van der Waals surface area contributed by atoms with Crippen LogP contribution in [-0.4, -0.2) is 58.8 Å². The number of aromatic nitrogens is 2. The molecule has 5 unspecified atom stereocenters. The van der Waals surface area contributed by atoms with Crippen LogP contribution in [-0.2, 0) is 4.74 Å². The van der Waals surface area contributed by atoms with E-state index in [0.717, 1.165) is 12.8 Å². The second-order valence-corrected chi connectivity index (χ2v) is 9.30. The highest BCUT2D eigenvalue weighted by Crippen LogP contribution is 2.43. The summed E-state index contributed by atoms with van der Waals surface area (Å²) in [6, 6.07) is -2.23. The van der Waals surface area contributed by atoms with Crippen LogP contribution in [0.15, 0.2) is 9.59 Å². The van der Waals surface area contributed by atoms with Crippen LogP contribution >= 0.6 is 0 Å². The monoisotopic (exact) mass is 440 g/mol. The predicted octanol–water partition coefficient (Wildman–Crippen LogP) is -0.179. The minimum Gasteiger partial charge on any atom is -0.497 e. The summed E-state index contributed by atoms with van der Waals surface area (Å²) in [5, 5.41) is 0.392. The zero-order valence-electron chi connectivity index (χ0n) is 17.3. The van der Waals surface area contributed by atoms with Crippen LogP contribution in [0.25, 0.3) is 11.8 Å². The first kappa shape index (κ1) is 20.8. The molecule has 170 valence electrons. The first-order valence-electron chi connectivity index (χ1n) is 10.9. The number of hydrogen-bond donors (Lipinski definition) is 2. The van der Waals surface area contributed by atoms with Gasteiger partial charge < -0.3 is 10.5 Å². The minimum atomic E-state index is -2.94. The molecule has 1 saturated heterocycles. The van der Waals surface area contributed by atoms with E-state index < -0.39 is 41.3 Å². The molecule has 2 heterocycles. The van der Waals surface area contributed by atoms with Crippen LogP contribution in [0.3, 0.4) is 0 Å². The third-order valence-electron chi connectivity index (χ3n) is 7.39. The molecule has 31 heavy (non-hydrogen) atoms. The standard InChI is InChI=1S/C21H27F3N4O3/c1-31-17-15-12(19(29)26-20(30)28(15)11-4-5-11)7-14(22)16(17)27-8-10-3-2-6-21(23,24)18(25)13(10)9-27/h7,10-11,13-14,16,18H,2-6,8-9,25H2,1H3,(H,26,29,30). The van der Waals surface area contributed by atoms with Gasteiger partial charge in [-0.2, -0.15) is 0 Å². The number of nitrogens with one attached hydrogen (secondary N) is 1. The van der Waals surface area contributed by atoms with Crippen molar-refractivity contribution < 1.29 is 17.9 Å². The fraction of sp³-hybridized carbons (Fsp3) is 0.714. The first-order chi connectivity index (χ1) is 14.7. The average molecular weight is 440 g/mol. The van der Waals surface area contributed by atoms with E-state index in [1.807, 2.05) is 4.90 Å². The number of aromatic amines is 1. The Morgan fingerprint density at radius 1 is 1.23 bits per heavy atom. The molecular weight excluding hydrogens is 413 g/mol. The number of H-pyrrole nitrogens is 1. The van der Waals surface area contributed by atoms with E-state index in [9.17, 15) is 18.4 Å². The van der Waals surface area contributed by atoms with Crippen molar-refractivity contribution in [3.63, 3.8) is 0 Å². The van der Waals surface area contributed by atoms with Crippen molar-refractivity contribution >= 4 is 11.8 Å². The van der Waals surface area contributed by atoms with Gasteiger partial charge in [-0.05, 0) is 43.6 Å². The Labute approximate surface area is 176 Å². The van der Waals surface area contributed by atoms with E-state index in [1.165, 1.54) is 17.8 Å². The van der Waals surface area contributed by atoms with Gasteiger partial charge >= 0.3 is 5.69 Å². The second kappa shape index (κ2) is 7.23. The molecule has 3 N–H and O–H groups in total. The lowest BCUT2D eigenvalue weighted by atomic mass is 9.87. The topological polar surface area (TPSA) is 93.3 Å². The summed E-state index contributed by atoms with van der Waals surface area (Å²) in [4.78, 5) is 29.0. The summed E-state index contributed by atoms with van der Waals surface area (Å²) < 4.78 is 51.3. The third-order valence-corrected chi connectivity index (χ3v) is 7.39. The fourth-order valence-corrected chi connectivity index (χ4v) is 5.72. The Bertz CT molecular complexity index is 1130. The Hall–Kier alpha value is -2.07. The Morgan fingerprint density at radius 3 is 2.65 bits per heavy atom. The Morgan fingerprint density at radius 2 is 1.97 bits per heavy atom. The predicted molar refractivity (Wildman–Crippen MR) is 108 cm³/mol. The summed E-state index contributed by atoms with van der Waals surface area (Å²) in [6.45, 7) is 0.645. The highest BCUT2D eigenvalue weighted by Gasteiger charge is 2.52. The number of nitrogens with zero attached hydrogens (tertiary/aromatic N) is 2. The number of ether oxygens (including phenoxy) is 1. The Balaban J connectivity index is 1.61. The fourth-order valence-electron chi connectivity index (χ4n) is 5.72. The normalized spacial score (nSPS) is 35.1. The van der Waals surface area contributed by atoms with Crippen molar-refractivity contribution in [1.29, 1.82) is 0 Å². The van der Waals surface area contributed by atoms with Crippen molar-refractivity contribution in [1.82, 2.24) is 14.5 Å². The molecule has 1 aromatic heterocycles. The maximum atomic E-state index is 15.4. The van der Waals surface area contributed by atoms with Crippen LogP contribution in [0.1, 0.15) is 38.1 Å². The van der Waals surface area contributed by atoms with Crippen LogP contribution < -0.4 is 27.6 Å². The van der Waals surface area contributed by atoms with Gasteiger partial charge in [-0.1, -0.05) is 0 Å². The molecule has 0 radical (unpaired) electrons. The van der Waals surface area contributed by atoms with Crippen molar-refractivity contribution in [2.75, 3.05) is 20.2 Å². The molecular formula is C21H27F3N4O3. The van der Waals surface area contributed by atoms with E-state index in [-0.39, 0.29) is 35.9 Å². The van der Waals surface area contributed by atoms with Gasteiger partial charge in [0, 0.05) is 25.6 Å². The molecule has 0 aromatic carbocycles. The second-order valence-electron chi connectivity index (χ2n) is 9.30. The highest BCUT2D eigenvalue weighted by molar-refractivity contribution is 5.53.